The number of thiophene rings is 1. The Balaban J connectivity index is 1.78. The number of carbonyl (C=O) groups is 2. The number of nitrogens with one attached hydrogen (secondary N) is 2. The molecule has 0 aliphatic carbocycles. The molecular formula is C19H12ClF3N4O4S. The normalized spacial score (nSPS) is 10.6. The first-order valence-corrected chi connectivity index (χ1v) is 9.85. The highest BCUT2D eigenvalue weighted by Crippen LogP contribution is 2.28. The lowest BCUT2D eigenvalue weighted by Gasteiger charge is -2.09. The lowest BCUT2D eigenvalue weighted by molar-refractivity contribution is 0.0928. The van der Waals surface area contributed by atoms with Crippen LogP contribution in [0.25, 0.3) is 0 Å². The summed E-state index contributed by atoms with van der Waals surface area (Å²) in [4.78, 5) is 39.5. The van der Waals surface area contributed by atoms with Gasteiger partial charge in [-0.05, 0) is 12.0 Å². The largest absolute Gasteiger partial charge is 0.440 e. The van der Waals surface area contributed by atoms with E-state index < -0.39 is 36.2 Å². The number of amides is 2. The molecular weight excluding hydrogens is 473 g/mol. The second-order valence-corrected chi connectivity index (χ2v) is 7.70. The Bertz CT molecular complexity index is 1310. The van der Waals surface area contributed by atoms with E-state index >= 15 is 0 Å². The molecule has 2 amide bonds. The summed E-state index contributed by atoms with van der Waals surface area (Å²) in [5.74, 6) is 2.63. The minimum Gasteiger partial charge on any atom is -0.440 e. The topological polar surface area (TPSA) is 106 Å². The van der Waals surface area contributed by atoms with Crippen LogP contribution in [-0.2, 0) is 6.54 Å². The Labute approximate surface area is 187 Å². The molecule has 0 unspecified atom stereocenters. The van der Waals surface area contributed by atoms with Gasteiger partial charge in [-0.3, -0.25) is 14.4 Å². The first-order chi connectivity index (χ1) is 15.2. The Morgan fingerprint density at radius 2 is 2.06 bits per heavy atom. The van der Waals surface area contributed by atoms with Crippen LogP contribution < -0.4 is 16.2 Å². The van der Waals surface area contributed by atoms with Gasteiger partial charge in [0.05, 0.1) is 22.7 Å². The van der Waals surface area contributed by atoms with Crippen molar-refractivity contribution in [3.63, 3.8) is 0 Å². The third kappa shape index (κ3) is 5.37. The molecule has 3 heterocycles. The van der Waals surface area contributed by atoms with Crippen LogP contribution in [0, 0.1) is 17.7 Å². The fourth-order valence-electron chi connectivity index (χ4n) is 2.38. The predicted molar refractivity (Wildman–Crippen MR) is 110 cm³/mol. The number of alkyl halides is 2. The summed E-state index contributed by atoms with van der Waals surface area (Å²) in [5.41, 5.74) is -0.976. The zero-order chi connectivity index (χ0) is 23.4. The maximum atomic E-state index is 13.7. The van der Waals surface area contributed by atoms with Crippen molar-refractivity contribution in [3.8, 4) is 11.8 Å². The van der Waals surface area contributed by atoms with Crippen LogP contribution >= 0.6 is 22.9 Å². The molecule has 8 nitrogen and oxygen atoms in total. The van der Waals surface area contributed by atoms with Crippen molar-refractivity contribution in [1.29, 1.82) is 0 Å². The van der Waals surface area contributed by atoms with Gasteiger partial charge in [0, 0.05) is 19.3 Å². The van der Waals surface area contributed by atoms with Crippen molar-refractivity contribution >= 4 is 40.4 Å². The molecule has 0 aliphatic rings. The van der Waals surface area contributed by atoms with Gasteiger partial charge in [-0.25, -0.2) is 13.2 Å². The number of halogens is 4. The number of hydrogen-bond donors (Lipinski definition) is 2. The highest BCUT2D eigenvalue weighted by molar-refractivity contribution is 7.18. The quantitative estimate of drug-likeness (QED) is 0.542. The number of nitrogens with zero attached hydrogens (tertiary/aromatic N) is 2. The lowest BCUT2D eigenvalue weighted by atomic mass is 10.3. The van der Waals surface area contributed by atoms with Crippen LogP contribution in [0.1, 0.15) is 31.6 Å². The molecule has 3 aromatic heterocycles. The van der Waals surface area contributed by atoms with Gasteiger partial charge in [0.15, 0.2) is 11.5 Å². The van der Waals surface area contributed by atoms with Crippen LogP contribution in [0.4, 0.5) is 18.9 Å². The van der Waals surface area contributed by atoms with E-state index in [4.69, 9.17) is 16.0 Å². The molecule has 32 heavy (non-hydrogen) atoms. The van der Waals surface area contributed by atoms with Gasteiger partial charge in [0.2, 0.25) is 0 Å². The zero-order valence-corrected chi connectivity index (χ0v) is 17.6. The molecule has 3 aromatic rings. The summed E-state index contributed by atoms with van der Waals surface area (Å²) in [6.07, 6.45) is -0.790. The summed E-state index contributed by atoms with van der Waals surface area (Å²) in [6, 6.07) is 2.09. The third-order valence-electron chi connectivity index (χ3n) is 3.80. The summed E-state index contributed by atoms with van der Waals surface area (Å²) in [7, 11) is 1.41. The molecule has 0 saturated carbocycles. The van der Waals surface area contributed by atoms with E-state index in [1.165, 1.54) is 19.4 Å². The number of carbonyl (C=O) groups excluding carboxylic acids is 2. The minimum absolute atomic E-state index is 0.0949. The minimum atomic E-state index is -2.88. The van der Waals surface area contributed by atoms with Crippen molar-refractivity contribution in [2.45, 2.75) is 13.0 Å². The first kappa shape index (κ1) is 23.1. The van der Waals surface area contributed by atoms with Crippen LogP contribution in [-0.4, -0.2) is 34.8 Å². The fourth-order valence-corrected chi connectivity index (χ4v) is 3.47. The number of oxazole rings is 1. The molecule has 2 N–H and O–H groups in total. The van der Waals surface area contributed by atoms with E-state index in [-0.39, 0.29) is 32.0 Å². The van der Waals surface area contributed by atoms with E-state index in [0.717, 1.165) is 23.6 Å². The van der Waals surface area contributed by atoms with E-state index in [9.17, 15) is 27.6 Å². The highest BCUT2D eigenvalue weighted by atomic mass is 35.5. The molecule has 0 saturated heterocycles. The van der Waals surface area contributed by atoms with Crippen molar-refractivity contribution in [3.05, 3.63) is 67.1 Å². The molecule has 0 aliphatic heterocycles. The maximum absolute atomic E-state index is 13.7. The van der Waals surface area contributed by atoms with Crippen molar-refractivity contribution < 1.29 is 27.2 Å². The van der Waals surface area contributed by atoms with Crippen molar-refractivity contribution in [2.24, 2.45) is 0 Å². The van der Waals surface area contributed by atoms with E-state index in [2.05, 4.69) is 27.5 Å². The molecule has 0 fully saturated rings. The number of pyridine rings is 1. The van der Waals surface area contributed by atoms with Crippen molar-refractivity contribution in [1.82, 2.24) is 14.9 Å². The average molecular weight is 485 g/mol. The van der Waals surface area contributed by atoms with Gasteiger partial charge >= 0.3 is 5.91 Å². The second kappa shape index (κ2) is 9.71. The summed E-state index contributed by atoms with van der Waals surface area (Å²) < 4.78 is 44.5. The smallest absolute Gasteiger partial charge is 0.306 e. The average Bonchev–Trinajstić information content (AvgIpc) is 3.36. The summed E-state index contributed by atoms with van der Waals surface area (Å²) in [5, 5.41) is 4.67. The molecule has 0 spiro atoms. The number of rotatable bonds is 5. The second-order valence-electron chi connectivity index (χ2n) is 6.04. The van der Waals surface area contributed by atoms with E-state index in [1.54, 1.807) is 0 Å². The Kier molecular flexibility index (Phi) is 7.01. The van der Waals surface area contributed by atoms with Crippen molar-refractivity contribution in [2.75, 3.05) is 12.4 Å². The molecule has 0 atom stereocenters. The molecule has 13 heteroatoms. The molecule has 3 rings (SSSR count). The first-order valence-electron chi connectivity index (χ1n) is 8.66. The number of anilines is 1. The Morgan fingerprint density at radius 3 is 2.75 bits per heavy atom. The van der Waals surface area contributed by atoms with E-state index in [0.29, 0.717) is 4.57 Å². The predicted octanol–water partition coefficient (Wildman–Crippen LogP) is 2.97. The van der Waals surface area contributed by atoms with Gasteiger partial charge in [0.1, 0.15) is 10.6 Å². The summed E-state index contributed by atoms with van der Waals surface area (Å²) in [6.45, 7) is -1.02. The Morgan fingerprint density at radius 1 is 1.31 bits per heavy atom. The van der Waals surface area contributed by atoms with Gasteiger partial charge in [-0.1, -0.05) is 17.5 Å². The highest BCUT2D eigenvalue weighted by Gasteiger charge is 2.16. The lowest BCUT2D eigenvalue weighted by Crippen LogP contribution is -2.26. The van der Waals surface area contributed by atoms with Crippen LogP contribution in [0.3, 0.4) is 0 Å². The van der Waals surface area contributed by atoms with Crippen LogP contribution in [0.5, 0.6) is 0 Å². The number of hydrogen-bond acceptors (Lipinski definition) is 6. The monoisotopic (exact) mass is 484 g/mol. The third-order valence-corrected chi connectivity index (χ3v) is 5.15. The fraction of sp³-hybridized carbons (Fsp3) is 0.158. The molecule has 0 aromatic carbocycles. The zero-order valence-electron chi connectivity index (χ0n) is 16.0. The van der Waals surface area contributed by atoms with Gasteiger partial charge in [0.25, 0.3) is 23.8 Å². The maximum Gasteiger partial charge on any atom is 0.306 e. The van der Waals surface area contributed by atoms with Crippen LogP contribution in [0.2, 0.25) is 4.34 Å². The standard InChI is InChI=1S/C19H12ClF3N4O4S/c1-24-17(29)18-26-10(8-31-18)3-2-9-4-13(32-15(9)20)16(28)25-11-5-12(21)19(30)27(6-11)7-14(22)23/h4-6,8,14H,7H2,1H3,(H,24,29)(H,25,28). The summed E-state index contributed by atoms with van der Waals surface area (Å²) >= 11 is 6.98. The Hall–Kier alpha value is -3.56. The molecule has 0 bridgehead atoms. The van der Waals surface area contributed by atoms with Gasteiger partial charge < -0.3 is 19.6 Å². The SMILES string of the molecule is CNC(=O)c1nc(C#Cc2cc(C(=O)Nc3cc(F)c(=O)n(CC(F)F)c3)sc2Cl)co1. The van der Waals surface area contributed by atoms with Gasteiger partial charge in [-0.15, -0.1) is 11.3 Å². The van der Waals surface area contributed by atoms with E-state index in [1.807, 2.05) is 0 Å². The molecule has 166 valence electrons. The number of aromatic nitrogens is 2. The van der Waals surface area contributed by atoms with Crippen LogP contribution in [0.15, 0.2) is 33.8 Å². The molecule has 0 radical (unpaired) electrons. The van der Waals surface area contributed by atoms with Gasteiger partial charge in [-0.2, -0.15) is 4.98 Å².